The van der Waals surface area contributed by atoms with E-state index >= 15 is 0 Å². The number of hydrogen-bond acceptors (Lipinski definition) is 3. The predicted molar refractivity (Wildman–Crippen MR) is 64.9 cm³/mol. The van der Waals surface area contributed by atoms with Crippen molar-refractivity contribution in [3.8, 4) is 0 Å². The molecule has 1 aromatic rings. The molecule has 0 radical (unpaired) electrons. The van der Waals surface area contributed by atoms with E-state index in [0.29, 0.717) is 6.07 Å². The van der Waals surface area contributed by atoms with Crippen molar-refractivity contribution < 1.29 is 33.3 Å². The van der Waals surface area contributed by atoms with Crippen molar-refractivity contribution in [3.63, 3.8) is 0 Å². The molecule has 1 aromatic carbocycles. The number of amides is 1. The highest BCUT2D eigenvalue weighted by atomic mass is 19.3. The Bertz CT molecular complexity index is 474. The lowest BCUT2D eigenvalue weighted by molar-refractivity contribution is -0.106. The minimum Gasteiger partial charge on any atom is -0.443 e. The van der Waals surface area contributed by atoms with Gasteiger partial charge in [0.25, 0.3) is 0 Å². The van der Waals surface area contributed by atoms with Crippen molar-refractivity contribution in [2.75, 3.05) is 25.1 Å². The highest BCUT2D eigenvalue weighted by molar-refractivity contribution is 5.84. The summed E-state index contributed by atoms with van der Waals surface area (Å²) in [5, 5.41) is 1.89. The van der Waals surface area contributed by atoms with Crippen LogP contribution in [0.25, 0.3) is 0 Å². The number of anilines is 1. The van der Waals surface area contributed by atoms with Crippen LogP contribution in [0.5, 0.6) is 0 Å². The average Bonchev–Trinajstić information content (AvgIpc) is 2.38. The van der Waals surface area contributed by atoms with Crippen LogP contribution in [0.3, 0.4) is 0 Å². The zero-order valence-electron chi connectivity index (χ0n) is 10.6. The van der Waals surface area contributed by atoms with Crippen molar-refractivity contribution in [2.24, 2.45) is 0 Å². The Hall–Kier alpha value is -1.83. The number of carbonyl (C=O) groups excluding carboxylic acids is 1. The van der Waals surface area contributed by atoms with Crippen LogP contribution in [0, 0.1) is 11.6 Å². The molecule has 0 atom stereocenters. The molecule has 0 aliphatic carbocycles. The Morgan fingerprint density at radius 1 is 1.35 bits per heavy atom. The Kier molecular flexibility index (Phi) is 5.75. The van der Waals surface area contributed by atoms with E-state index in [9.17, 15) is 22.4 Å². The summed E-state index contributed by atoms with van der Waals surface area (Å²) in [4.78, 5) is 11.2. The number of halogens is 4. The molecule has 0 spiro atoms. The number of alkyl halides is 2. The van der Waals surface area contributed by atoms with Gasteiger partial charge < -0.3 is 9.47 Å². The second-order valence-corrected chi connectivity index (χ2v) is 3.82. The van der Waals surface area contributed by atoms with Gasteiger partial charge in [-0.05, 0) is 19.1 Å². The van der Waals surface area contributed by atoms with Gasteiger partial charge in [-0.1, -0.05) is 0 Å². The molecule has 1 amide bonds. The van der Waals surface area contributed by atoms with E-state index in [1.165, 1.54) is 0 Å². The van der Waals surface area contributed by atoms with Crippen LogP contribution in [0.2, 0.25) is 0 Å². The molecule has 0 aliphatic heterocycles. The van der Waals surface area contributed by atoms with E-state index in [1.54, 1.807) is 6.92 Å². The lowest BCUT2D eigenvalue weighted by Gasteiger charge is -2.16. The van der Waals surface area contributed by atoms with Gasteiger partial charge >= 0.3 is 12.0 Å². The molecule has 1 rings (SSSR count). The first kappa shape index (κ1) is 16.2. The molecule has 0 aliphatic rings. The second-order valence-electron chi connectivity index (χ2n) is 3.82. The summed E-state index contributed by atoms with van der Waals surface area (Å²) in [5.74, 6) is -5.21. The van der Waals surface area contributed by atoms with Crippen molar-refractivity contribution in [3.05, 3.63) is 29.8 Å². The normalized spacial score (nSPS) is 11.2. The summed E-state index contributed by atoms with van der Waals surface area (Å²) in [6, 6.07) is 2.39. The van der Waals surface area contributed by atoms with Gasteiger partial charge in [0, 0.05) is 14.1 Å². The summed E-state index contributed by atoms with van der Waals surface area (Å²) < 4.78 is 60.7. The number of carbonyl (C=O) groups is 1. The third kappa shape index (κ3) is 5.43. The van der Waals surface area contributed by atoms with Crippen LogP contribution in [-0.4, -0.2) is 31.8 Å². The van der Waals surface area contributed by atoms with Crippen LogP contribution in [0.4, 0.5) is 28.0 Å². The second kappa shape index (κ2) is 7.09. The quantitative estimate of drug-likeness (QED) is 0.818. The topological polar surface area (TPSA) is 47.6 Å². The third-order valence-corrected chi connectivity index (χ3v) is 2.10. The first-order chi connectivity index (χ1) is 9.34. The van der Waals surface area contributed by atoms with Gasteiger partial charge in [0.2, 0.25) is 0 Å². The van der Waals surface area contributed by atoms with E-state index in [2.05, 4.69) is 9.47 Å². The van der Waals surface area contributed by atoms with Gasteiger partial charge in [-0.3, -0.25) is 5.32 Å². The van der Waals surface area contributed by atoms with E-state index < -0.39 is 36.9 Å². The van der Waals surface area contributed by atoms with Crippen molar-refractivity contribution in [1.82, 2.24) is 0 Å². The number of nitrogens with one attached hydrogen (secondary N) is 1. The Labute approximate surface area is 114 Å². The SMILES string of the molecule is CCOCC(F)(F)COC(=O)Nc1ccc(F)cc1F.[HH]. The summed E-state index contributed by atoms with van der Waals surface area (Å²) in [7, 11) is 0. The number of hydrogen-bond donors (Lipinski definition) is 1. The lowest BCUT2D eigenvalue weighted by atomic mass is 10.3. The first-order valence-corrected chi connectivity index (χ1v) is 5.68. The lowest BCUT2D eigenvalue weighted by Crippen LogP contribution is -2.32. The minimum absolute atomic E-state index is 0. The van der Waals surface area contributed by atoms with Crippen molar-refractivity contribution in [1.29, 1.82) is 0 Å². The van der Waals surface area contributed by atoms with Gasteiger partial charge in [0.1, 0.15) is 18.2 Å². The zero-order valence-corrected chi connectivity index (χ0v) is 10.6. The van der Waals surface area contributed by atoms with E-state index in [-0.39, 0.29) is 13.7 Å². The summed E-state index contributed by atoms with van der Waals surface area (Å²) in [6.07, 6.45) is -1.27. The molecule has 8 heteroatoms. The van der Waals surface area contributed by atoms with Crippen molar-refractivity contribution >= 4 is 11.8 Å². The molecule has 1 N–H and O–H groups in total. The Morgan fingerprint density at radius 2 is 2.05 bits per heavy atom. The molecule has 0 fully saturated rings. The smallest absolute Gasteiger partial charge is 0.411 e. The van der Waals surface area contributed by atoms with Crippen LogP contribution < -0.4 is 5.32 Å². The molecular weight excluding hydrogens is 282 g/mol. The first-order valence-electron chi connectivity index (χ1n) is 5.68. The number of benzene rings is 1. The molecular formula is C12H15F4NO3. The maximum Gasteiger partial charge on any atom is 0.411 e. The monoisotopic (exact) mass is 297 g/mol. The number of ether oxygens (including phenoxy) is 2. The van der Waals surface area contributed by atoms with Gasteiger partial charge in [-0.25, -0.2) is 22.4 Å². The molecule has 114 valence electrons. The van der Waals surface area contributed by atoms with E-state index in [0.717, 1.165) is 12.1 Å². The Balaban J connectivity index is 0.00000400. The standard InChI is InChI=1S/C12H13F4NO3.H2/c1-2-19-6-12(15,16)7-20-11(18)17-10-4-3-8(13)5-9(10)14;/h3-5H,2,6-7H2,1H3,(H,17,18);1H. The summed E-state index contributed by atoms with van der Waals surface area (Å²) in [5.41, 5.74) is -0.371. The highest BCUT2D eigenvalue weighted by Gasteiger charge is 2.31. The van der Waals surface area contributed by atoms with Crippen LogP contribution in [0.15, 0.2) is 18.2 Å². The van der Waals surface area contributed by atoms with Gasteiger partial charge in [0.15, 0.2) is 6.61 Å². The molecule has 0 saturated carbocycles. The van der Waals surface area contributed by atoms with E-state index in [4.69, 9.17) is 0 Å². The van der Waals surface area contributed by atoms with Crippen LogP contribution >= 0.6 is 0 Å². The summed E-state index contributed by atoms with van der Waals surface area (Å²) in [6.45, 7) is -0.452. The Morgan fingerprint density at radius 3 is 2.65 bits per heavy atom. The average molecular weight is 297 g/mol. The maximum atomic E-state index is 13.2. The molecule has 0 heterocycles. The fourth-order valence-corrected chi connectivity index (χ4v) is 1.20. The summed E-state index contributed by atoms with van der Waals surface area (Å²) >= 11 is 0. The molecule has 4 nitrogen and oxygen atoms in total. The molecule has 20 heavy (non-hydrogen) atoms. The van der Waals surface area contributed by atoms with E-state index in [1.807, 2.05) is 5.32 Å². The van der Waals surface area contributed by atoms with Crippen LogP contribution in [-0.2, 0) is 9.47 Å². The van der Waals surface area contributed by atoms with Gasteiger partial charge in [-0.2, -0.15) is 0 Å². The molecule has 0 aromatic heterocycles. The van der Waals surface area contributed by atoms with Gasteiger partial charge in [-0.15, -0.1) is 0 Å². The fourth-order valence-electron chi connectivity index (χ4n) is 1.20. The predicted octanol–water partition coefficient (Wildman–Crippen LogP) is 3.43. The van der Waals surface area contributed by atoms with Crippen molar-refractivity contribution in [2.45, 2.75) is 12.8 Å². The fraction of sp³-hybridized carbons (Fsp3) is 0.417. The maximum absolute atomic E-state index is 13.2. The third-order valence-electron chi connectivity index (χ3n) is 2.10. The van der Waals surface area contributed by atoms with Crippen LogP contribution in [0.1, 0.15) is 8.35 Å². The minimum atomic E-state index is -3.34. The zero-order chi connectivity index (χ0) is 15.2. The molecule has 0 bridgehead atoms. The molecule has 0 unspecified atom stereocenters. The number of rotatable bonds is 6. The largest absolute Gasteiger partial charge is 0.443 e. The van der Waals surface area contributed by atoms with Gasteiger partial charge in [0.05, 0.1) is 5.69 Å². The highest BCUT2D eigenvalue weighted by Crippen LogP contribution is 2.17. The molecule has 0 saturated heterocycles.